The summed E-state index contributed by atoms with van der Waals surface area (Å²) in [5, 5.41) is 10.4. The average Bonchev–Trinajstić information content (AvgIpc) is 3.19. The van der Waals surface area contributed by atoms with E-state index >= 15 is 0 Å². The van der Waals surface area contributed by atoms with Crippen LogP contribution in [0.1, 0.15) is 64.3 Å². The molecule has 1 aliphatic rings. The quantitative estimate of drug-likeness (QED) is 0.271. The van der Waals surface area contributed by atoms with Gasteiger partial charge in [0.1, 0.15) is 5.60 Å². The van der Waals surface area contributed by atoms with E-state index in [0.29, 0.717) is 19.5 Å². The fourth-order valence-electron chi connectivity index (χ4n) is 5.72. The highest BCUT2D eigenvalue weighted by Crippen LogP contribution is 2.40. The number of hydrogen-bond donors (Lipinski definition) is 1. The molecule has 0 bridgehead atoms. The molecule has 39 heavy (non-hydrogen) atoms. The highest BCUT2D eigenvalue weighted by molar-refractivity contribution is 9.10. The third-order valence-corrected chi connectivity index (χ3v) is 8.01. The number of piperidine rings is 1. The van der Waals surface area contributed by atoms with Gasteiger partial charge in [0.15, 0.2) is 0 Å². The fourth-order valence-corrected chi connectivity index (χ4v) is 6.08. The molecule has 3 aromatic rings. The van der Waals surface area contributed by atoms with Crippen molar-refractivity contribution in [2.24, 2.45) is 5.92 Å². The third-order valence-electron chi connectivity index (χ3n) is 7.52. The van der Waals surface area contributed by atoms with Crippen LogP contribution in [0, 0.1) is 5.92 Å². The molecule has 2 aromatic heterocycles. The van der Waals surface area contributed by atoms with Crippen molar-refractivity contribution in [1.29, 1.82) is 0 Å². The van der Waals surface area contributed by atoms with Gasteiger partial charge in [-0.3, -0.25) is 9.78 Å². The van der Waals surface area contributed by atoms with Crippen molar-refractivity contribution in [3.63, 3.8) is 0 Å². The molecule has 1 saturated heterocycles. The highest BCUT2D eigenvalue weighted by atomic mass is 79.9. The molecular weight excluding hydrogens is 562 g/mol. The van der Waals surface area contributed by atoms with E-state index < -0.39 is 11.7 Å². The number of aryl methyl sites for hydroxylation is 1. The van der Waals surface area contributed by atoms with Crippen molar-refractivity contribution < 1.29 is 24.2 Å². The monoisotopic (exact) mass is 599 g/mol. The standard InChI is InChI=1S/C30H38BrN3O5/c1-6-34-25-12-11-21(31)16-23(25)24(28(34)22-10-7-13-32-27(22)19(2)38-5)17-30(3,4)39-26(35)15-20-9-8-14-33(18-20)29(36)37/h7,10-13,16,19-20H,6,8-9,14-15,17-18H2,1-5H3,(H,36,37)/t19-,20?/m0/s1. The lowest BCUT2D eigenvalue weighted by molar-refractivity contribution is -0.157. The molecule has 0 saturated carbocycles. The van der Waals surface area contributed by atoms with Crippen LogP contribution in [0.2, 0.25) is 0 Å². The molecule has 1 amide bonds. The first kappa shape index (κ1) is 29.1. The Balaban J connectivity index is 1.70. The maximum Gasteiger partial charge on any atom is 0.407 e. The Labute approximate surface area is 238 Å². The highest BCUT2D eigenvalue weighted by Gasteiger charge is 2.32. The van der Waals surface area contributed by atoms with Crippen LogP contribution in [-0.4, -0.2) is 57.4 Å². The maximum atomic E-state index is 13.1. The van der Waals surface area contributed by atoms with E-state index in [1.54, 1.807) is 13.3 Å². The van der Waals surface area contributed by atoms with Crippen LogP contribution in [0.5, 0.6) is 0 Å². The second-order valence-electron chi connectivity index (χ2n) is 10.9. The predicted octanol–water partition coefficient (Wildman–Crippen LogP) is 6.84. The van der Waals surface area contributed by atoms with E-state index in [4.69, 9.17) is 9.47 Å². The minimum atomic E-state index is -0.933. The molecule has 4 rings (SSSR count). The minimum absolute atomic E-state index is 0.0276. The van der Waals surface area contributed by atoms with Gasteiger partial charge < -0.3 is 24.0 Å². The van der Waals surface area contributed by atoms with Gasteiger partial charge >= 0.3 is 12.1 Å². The number of aromatic nitrogens is 2. The number of carbonyl (C=O) groups is 2. The summed E-state index contributed by atoms with van der Waals surface area (Å²) in [6, 6.07) is 10.3. The molecule has 210 valence electrons. The van der Waals surface area contributed by atoms with Crippen LogP contribution in [0.25, 0.3) is 22.2 Å². The molecule has 1 unspecified atom stereocenters. The van der Waals surface area contributed by atoms with Gasteiger partial charge in [-0.25, -0.2) is 4.79 Å². The van der Waals surface area contributed by atoms with Crippen LogP contribution in [0.3, 0.4) is 0 Å². The molecule has 1 aliphatic heterocycles. The van der Waals surface area contributed by atoms with Crippen molar-refractivity contribution in [3.05, 3.63) is 52.3 Å². The smallest absolute Gasteiger partial charge is 0.407 e. The van der Waals surface area contributed by atoms with Gasteiger partial charge in [-0.15, -0.1) is 0 Å². The summed E-state index contributed by atoms with van der Waals surface area (Å²) in [4.78, 5) is 30.6. The number of carbonyl (C=O) groups excluding carboxylic acids is 1. The summed E-state index contributed by atoms with van der Waals surface area (Å²) < 4.78 is 15.0. The SMILES string of the molecule is CCn1c(-c2cccnc2[C@H](C)OC)c(CC(C)(C)OC(=O)CC2CCCN(C(=O)O)C2)c2cc(Br)ccc21. The molecule has 1 fully saturated rings. The zero-order valence-corrected chi connectivity index (χ0v) is 25.0. The number of nitrogens with zero attached hydrogens (tertiary/aromatic N) is 3. The number of ether oxygens (including phenoxy) is 2. The summed E-state index contributed by atoms with van der Waals surface area (Å²) >= 11 is 3.64. The number of hydrogen-bond acceptors (Lipinski definition) is 5. The number of amides is 1. The largest absolute Gasteiger partial charge is 0.465 e. The summed E-state index contributed by atoms with van der Waals surface area (Å²) in [5.41, 5.74) is 4.28. The Morgan fingerprint density at radius 3 is 2.74 bits per heavy atom. The van der Waals surface area contributed by atoms with Crippen LogP contribution in [0.15, 0.2) is 41.0 Å². The van der Waals surface area contributed by atoms with Crippen molar-refractivity contribution in [2.75, 3.05) is 20.2 Å². The summed E-state index contributed by atoms with van der Waals surface area (Å²) in [5.74, 6) is -0.325. The molecule has 0 spiro atoms. The third kappa shape index (κ3) is 6.47. The topological polar surface area (TPSA) is 93.9 Å². The van der Waals surface area contributed by atoms with Gasteiger partial charge in [-0.1, -0.05) is 15.9 Å². The molecule has 8 nitrogen and oxygen atoms in total. The van der Waals surface area contributed by atoms with Gasteiger partial charge in [0.05, 0.1) is 23.9 Å². The van der Waals surface area contributed by atoms with Gasteiger partial charge in [0.2, 0.25) is 0 Å². The first-order valence-electron chi connectivity index (χ1n) is 13.5. The number of halogens is 1. The van der Waals surface area contributed by atoms with Gasteiger partial charge in [0, 0.05) is 60.3 Å². The number of esters is 1. The van der Waals surface area contributed by atoms with E-state index in [1.165, 1.54) is 4.90 Å². The van der Waals surface area contributed by atoms with Crippen molar-refractivity contribution in [1.82, 2.24) is 14.5 Å². The van der Waals surface area contributed by atoms with Crippen LogP contribution < -0.4 is 0 Å². The van der Waals surface area contributed by atoms with E-state index in [2.05, 4.69) is 50.6 Å². The predicted molar refractivity (Wildman–Crippen MR) is 155 cm³/mol. The minimum Gasteiger partial charge on any atom is -0.465 e. The molecule has 0 aliphatic carbocycles. The number of rotatable bonds is 9. The first-order valence-corrected chi connectivity index (χ1v) is 14.3. The lowest BCUT2D eigenvalue weighted by Gasteiger charge is -2.31. The second-order valence-corrected chi connectivity index (χ2v) is 11.8. The van der Waals surface area contributed by atoms with Gasteiger partial charge in [-0.2, -0.15) is 0 Å². The Kier molecular flexibility index (Phi) is 9.01. The van der Waals surface area contributed by atoms with Crippen molar-refractivity contribution in [2.45, 2.75) is 71.6 Å². The number of pyridine rings is 1. The Morgan fingerprint density at radius 1 is 1.28 bits per heavy atom. The zero-order valence-electron chi connectivity index (χ0n) is 23.4. The maximum absolute atomic E-state index is 13.1. The molecule has 0 radical (unpaired) electrons. The molecule has 1 N–H and O–H groups in total. The van der Waals surface area contributed by atoms with E-state index in [0.717, 1.165) is 57.3 Å². The van der Waals surface area contributed by atoms with Gasteiger partial charge in [0.25, 0.3) is 0 Å². The van der Waals surface area contributed by atoms with Crippen LogP contribution in [0.4, 0.5) is 4.79 Å². The van der Waals surface area contributed by atoms with Crippen LogP contribution in [-0.2, 0) is 27.2 Å². The lowest BCUT2D eigenvalue weighted by atomic mass is 9.92. The Hall–Kier alpha value is -2.91. The van der Waals surface area contributed by atoms with E-state index in [9.17, 15) is 14.7 Å². The number of methoxy groups -OCH3 is 1. The Bertz CT molecular complexity index is 1350. The van der Waals surface area contributed by atoms with Crippen molar-refractivity contribution in [3.8, 4) is 11.3 Å². The summed E-state index contributed by atoms with van der Waals surface area (Å²) in [6.07, 6.45) is 2.94. The number of benzene rings is 1. The lowest BCUT2D eigenvalue weighted by Crippen LogP contribution is -2.40. The molecule has 2 atom stereocenters. The average molecular weight is 601 g/mol. The van der Waals surface area contributed by atoms with E-state index in [1.807, 2.05) is 32.9 Å². The fraction of sp³-hybridized carbons (Fsp3) is 0.500. The van der Waals surface area contributed by atoms with Crippen molar-refractivity contribution >= 4 is 38.9 Å². The normalized spacial score (nSPS) is 16.9. The number of carboxylic acid groups (broad SMARTS) is 1. The van der Waals surface area contributed by atoms with Crippen LogP contribution >= 0.6 is 15.9 Å². The zero-order chi connectivity index (χ0) is 28.3. The summed E-state index contributed by atoms with van der Waals surface area (Å²) in [6.45, 7) is 9.63. The molecule has 1 aromatic carbocycles. The molecule has 3 heterocycles. The second kappa shape index (κ2) is 12.1. The van der Waals surface area contributed by atoms with Gasteiger partial charge in [-0.05, 0) is 82.3 Å². The molecular formula is C30H38BrN3O5. The first-order chi connectivity index (χ1) is 18.5. The number of fused-ring (bicyclic) bond motifs is 1. The number of likely N-dealkylation sites (tertiary alicyclic amines) is 1. The molecule has 9 heteroatoms. The van der Waals surface area contributed by atoms with E-state index in [-0.39, 0.29) is 24.4 Å². The summed E-state index contributed by atoms with van der Waals surface area (Å²) in [7, 11) is 1.68. The Morgan fingerprint density at radius 2 is 2.05 bits per heavy atom.